The second-order valence-corrected chi connectivity index (χ2v) is 7.60. The molecule has 0 saturated heterocycles. The van der Waals surface area contributed by atoms with Crippen molar-refractivity contribution in [2.45, 2.75) is 27.7 Å². The zero-order valence-electron chi connectivity index (χ0n) is 10.7. The van der Waals surface area contributed by atoms with E-state index in [0.29, 0.717) is 15.2 Å². The summed E-state index contributed by atoms with van der Waals surface area (Å²) in [6, 6.07) is 0. The first-order valence-electron chi connectivity index (χ1n) is 4.18. The molecule has 0 fully saturated rings. The topological polar surface area (TPSA) is 50.8 Å². The van der Waals surface area contributed by atoms with Gasteiger partial charge in [0.2, 0.25) is 0 Å². The van der Waals surface area contributed by atoms with Gasteiger partial charge in [0, 0.05) is 0 Å². The zero-order chi connectivity index (χ0) is 14.0. The molecule has 0 aliphatic rings. The first kappa shape index (κ1) is 24.4. The predicted molar refractivity (Wildman–Crippen MR) is 82.1 cm³/mol. The molecule has 0 aromatic rings. The van der Waals surface area contributed by atoms with Gasteiger partial charge in [0.15, 0.2) is 0 Å². The smallest absolute Gasteiger partial charge is 0.868 e. The average molecular weight is 445 g/mol. The van der Waals surface area contributed by atoms with Crippen LogP contribution in [0.15, 0.2) is 0 Å². The van der Waals surface area contributed by atoms with Crippen molar-refractivity contribution >= 4 is 90.5 Å². The summed E-state index contributed by atoms with van der Waals surface area (Å²) in [5.74, 6) is 0. The Morgan fingerprint density at radius 2 is 0.944 bits per heavy atom. The van der Waals surface area contributed by atoms with Gasteiger partial charge in [0.05, 0.1) is 0 Å². The Balaban J connectivity index is -0.000000392. The fourth-order valence-corrected chi connectivity index (χ4v) is 3.71. The Kier molecular flexibility index (Phi) is 20.0. The molecule has 0 unspecified atom stereocenters. The van der Waals surface area contributed by atoms with Crippen LogP contribution < -0.4 is 34.7 Å². The van der Waals surface area contributed by atoms with Crippen LogP contribution >= 0.6 is 48.9 Å². The van der Waals surface area contributed by atoms with Gasteiger partial charge in [-0.2, -0.15) is 0 Å². The van der Waals surface area contributed by atoms with E-state index >= 15 is 0 Å². The summed E-state index contributed by atoms with van der Waals surface area (Å²) in [6.07, 6.45) is 0. The molecule has 0 N–H and O–H groups in total. The van der Waals surface area contributed by atoms with E-state index in [1.807, 2.05) is 0 Å². The molecule has 0 atom stereocenters. The second-order valence-electron chi connectivity index (χ2n) is 2.46. The zero-order valence-corrected chi connectivity index (χ0v) is 18.5. The summed E-state index contributed by atoms with van der Waals surface area (Å²) >= 11 is 15.5. The van der Waals surface area contributed by atoms with Gasteiger partial charge in [0.1, 0.15) is 0 Å². The Morgan fingerprint density at radius 1 is 0.778 bits per heavy atom. The molecule has 0 aromatic carbocycles. The quantitative estimate of drug-likeness (QED) is 0.396. The van der Waals surface area contributed by atoms with Gasteiger partial charge < -0.3 is 5.11 Å². The molecule has 0 aliphatic heterocycles. The minimum atomic E-state index is -2.77. The molecule has 0 spiro atoms. The maximum absolute atomic E-state index is 9.26. The van der Waals surface area contributed by atoms with Gasteiger partial charge in [-0.15, -0.1) is 12.2 Å². The molecule has 0 heterocycles. The van der Waals surface area contributed by atoms with Gasteiger partial charge in [0.25, 0.3) is 0 Å². The van der Waals surface area contributed by atoms with Crippen molar-refractivity contribution in [1.82, 2.24) is 0 Å². The van der Waals surface area contributed by atoms with Crippen molar-refractivity contribution < 1.29 is 43.7 Å². The minimum Gasteiger partial charge on any atom is -0.868 e. The Hall–Kier alpha value is 1.38. The largest absolute Gasteiger partial charge is 1.00 e. The third-order valence-corrected chi connectivity index (χ3v) is 5.59. The van der Waals surface area contributed by atoms with Crippen molar-refractivity contribution in [1.29, 1.82) is 0 Å². The molecular weight excluding hydrogens is 433 g/mol. The van der Waals surface area contributed by atoms with Crippen LogP contribution in [0.4, 0.5) is 0 Å². The number of rotatable bonds is 3. The SMILES string of the molecule is CC(=S)[O][Sb]([O]C(C)=S)[O]C(C)=S.CC([O-])=S.[Na+]. The molecule has 18 heavy (non-hydrogen) atoms. The van der Waals surface area contributed by atoms with Crippen molar-refractivity contribution in [2.75, 3.05) is 0 Å². The molecule has 0 rings (SSSR count). The molecule has 0 aliphatic carbocycles. The third kappa shape index (κ3) is 26.0. The molecule has 10 heteroatoms. The van der Waals surface area contributed by atoms with E-state index in [1.54, 1.807) is 20.8 Å². The Labute approximate surface area is 160 Å². The predicted octanol–water partition coefficient (Wildman–Crippen LogP) is -1.24. The van der Waals surface area contributed by atoms with Crippen LogP contribution in [0.25, 0.3) is 0 Å². The Morgan fingerprint density at radius 3 is 1.06 bits per heavy atom. The van der Waals surface area contributed by atoms with E-state index in [-0.39, 0.29) is 34.6 Å². The van der Waals surface area contributed by atoms with E-state index in [0.717, 1.165) is 0 Å². The summed E-state index contributed by atoms with van der Waals surface area (Å²) in [7, 11) is 0. The molecule has 0 radical (unpaired) electrons. The van der Waals surface area contributed by atoms with E-state index in [9.17, 15) is 5.11 Å². The van der Waals surface area contributed by atoms with Crippen molar-refractivity contribution in [3.05, 3.63) is 0 Å². The van der Waals surface area contributed by atoms with Crippen molar-refractivity contribution in [3.63, 3.8) is 0 Å². The van der Waals surface area contributed by atoms with Crippen molar-refractivity contribution in [2.24, 2.45) is 0 Å². The second kappa shape index (κ2) is 14.8. The van der Waals surface area contributed by atoms with Crippen LogP contribution in [0, 0.1) is 0 Å². The van der Waals surface area contributed by atoms with Crippen LogP contribution in [0.2, 0.25) is 0 Å². The number of hydrogen-bond acceptors (Lipinski definition) is 8. The summed E-state index contributed by atoms with van der Waals surface area (Å²) in [5.41, 5.74) is 0. The minimum absolute atomic E-state index is 0. The van der Waals surface area contributed by atoms with Crippen LogP contribution in [0.3, 0.4) is 0 Å². The average Bonchev–Trinajstić information content (AvgIpc) is 1.96. The standard InChI is InChI=1S/4C2H4OS.Na.Sb/c4*1-2(3)4;;/h4*1H3,(H,3,4);;/q;;;;+1;+3/p-4. The fraction of sp³-hybridized carbons (Fsp3) is 0.500. The summed E-state index contributed by atoms with van der Waals surface area (Å²) in [4.78, 5) is 0. The first-order valence-corrected chi connectivity index (χ1v) is 8.94. The molecule has 0 bridgehead atoms. The molecule has 4 nitrogen and oxygen atoms in total. The summed E-state index contributed by atoms with van der Waals surface area (Å²) in [6.45, 7) is 6.29. The number of thiocarbonyl (C=S) groups is 4. The summed E-state index contributed by atoms with van der Waals surface area (Å²) < 4.78 is 15.5. The maximum atomic E-state index is 9.26. The van der Waals surface area contributed by atoms with Gasteiger partial charge in [-0.3, -0.25) is 0 Å². The Bertz CT molecular complexity index is 271. The van der Waals surface area contributed by atoms with Crippen LogP contribution in [0.5, 0.6) is 0 Å². The fourth-order valence-electron chi connectivity index (χ4n) is 0.371. The van der Waals surface area contributed by atoms with Crippen LogP contribution in [-0.4, -0.2) is 41.7 Å². The first-order chi connectivity index (χ1) is 7.65. The van der Waals surface area contributed by atoms with E-state index < -0.39 is 21.5 Å². The normalized spacial score (nSPS) is 8.06. The molecule has 0 aromatic heterocycles. The van der Waals surface area contributed by atoms with Gasteiger partial charge >= 0.3 is 133 Å². The molecular formula is C8H12NaO4S4Sb. The molecule has 0 amide bonds. The van der Waals surface area contributed by atoms with Gasteiger partial charge in [-0.25, -0.2) is 0 Å². The van der Waals surface area contributed by atoms with E-state index in [1.165, 1.54) is 6.92 Å². The molecule has 98 valence electrons. The monoisotopic (exact) mass is 444 g/mol. The maximum Gasteiger partial charge on any atom is 1.00 e. The molecule has 0 saturated carbocycles. The van der Waals surface area contributed by atoms with E-state index in [2.05, 4.69) is 12.2 Å². The summed E-state index contributed by atoms with van der Waals surface area (Å²) in [5, 5.41) is 10.2. The van der Waals surface area contributed by atoms with Gasteiger partial charge in [-0.05, 0) is 6.92 Å². The van der Waals surface area contributed by atoms with E-state index in [4.69, 9.17) is 45.7 Å². The van der Waals surface area contributed by atoms with Crippen LogP contribution in [-0.2, 0) is 9.05 Å². The third-order valence-electron chi connectivity index (χ3n) is 0.609. The van der Waals surface area contributed by atoms with Crippen molar-refractivity contribution in [3.8, 4) is 0 Å². The number of hydrogen-bond donors (Lipinski definition) is 0. The van der Waals surface area contributed by atoms with Gasteiger partial charge in [-0.1, -0.05) is 5.05 Å². The van der Waals surface area contributed by atoms with Crippen LogP contribution in [0.1, 0.15) is 27.7 Å².